The number of benzene rings is 1. The molecule has 0 amide bonds. The molecule has 2 fully saturated rings. The lowest BCUT2D eigenvalue weighted by Gasteiger charge is -2.28. The van der Waals surface area contributed by atoms with Crippen molar-refractivity contribution >= 4 is 15.8 Å². The van der Waals surface area contributed by atoms with E-state index in [1.807, 2.05) is 0 Å². The topological polar surface area (TPSA) is 80.7 Å². The van der Waals surface area contributed by atoms with E-state index in [4.69, 9.17) is 4.74 Å². The Hall–Kier alpha value is -1.56. The first kappa shape index (κ1) is 12.5. The first-order valence-corrected chi connectivity index (χ1v) is 7.95. The van der Waals surface area contributed by atoms with Crippen molar-refractivity contribution in [1.29, 1.82) is 0 Å². The van der Waals surface area contributed by atoms with Crippen LogP contribution in [-0.4, -0.2) is 37.1 Å². The number of carboxylic acid groups (broad SMARTS) is 1. The van der Waals surface area contributed by atoms with Crippen LogP contribution in [0.5, 0.6) is 5.75 Å². The lowest BCUT2D eigenvalue weighted by atomic mass is 9.95. The van der Waals surface area contributed by atoms with E-state index in [2.05, 4.69) is 0 Å². The third-order valence-electron chi connectivity index (χ3n) is 3.74. The molecule has 0 radical (unpaired) electrons. The summed E-state index contributed by atoms with van der Waals surface area (Å²) in [6.45, 7) is 0. The Morgan fingerprint density at radius 3 is 2.42 bits per heavy atom. The third-order valence-corrected chi connectivity index (χ3v) is 5.49. The van der Waals surface area contributed by atoms with Gasteiger partial charge < -0.3 is 9.84 Å². The number of hydrogen-bond donors (Lipinski definition) is 1. The van der Waals surface area contributed by atoms with Gasteiger partial charge in [-0.2, -0.15) is 0 Å². The van der Waals surface area contributed by atoms with E-state index in [0.29, 0.717) is 24.2 Å². The van der Waals surface area contributed by atoms with E-state index in [-0.39, 0.29) is 17.6 Å². The average Bonchev–Trinajstić information content (AvgIpc) is 3.08. The van der Waals surface area contributed by atoms with E-state index in [1.54, 1.807) is 24.3 Å². The molecule has 3 rings (SSSR count). The molecule has 1 aromatic carbocycles. The highest BCUT2D eigenvalue weighted by Gasteiger charge is 2.53. The number of aliphatic carboxylic acids is 1. The molecule has 19 heavy (non-hydrogen) atoms. The van der Waals surface area contributed by atoms with E-state index < -0.39 is 21.2 Å². The molecule has 1 saturated carbocycles. The molecule has 0 atom stereocenters. The first-order chi connectivity index (χ1) is 8.93. The zero-order chi connectivity index (χ0) is 13.7. The maximum atomic E-state index is 11.4. The van der Waals surface area contributed by atoms with Crippen molar-refractivity contribution in [2.75, 3.05) is 11.5 Å². The quantitative estimate of drug-likeness (QED) is 0.890. The van der Waals surface area contributed by atoms with Gasteiger partial charge in [-0.15, -0.1) is 0 Å². The van der Waals surface area contributed by atoms with Gasteiger partial charge in [-0.1, -0.05) is 18.2 Å². The molecule has 0 unspecified atom stereocenters. The SMILES string of the molecule is O=C(O)C1(c2ccccc2OC2CS(=O)(=O)C2)CC1. The molecule has 0 spiro atoms. The Kier molecular flexibility index (Phi) is 2.60. The van der Waals surface area contributed by atoms with E-state index in [0.717, 1.165) is 0 Å². The molecule has 2 aliphatic rings. The third kappa shape index (κ3) is 2.10. The minimum Gasteiger partial charge on any atom is -0.488 e. The molecule has 1 heterocycles. The van der Waals surface area contributed by atoms with Crippen LogP contribution in [0.3, 0.4) is 0 Å². The zero-order valence-electron chi connectivity index (χ0n) is 10.2. The predicted octanol–water partition coefficient (Wildman–Crippen LogP) is 0.979. The summed E-state index contributed by atoms with van der Waals surface area (Å²) >= 11 is 0. The van der Waals surface area contributed by atoms with E-state index in [1.165, 1.54) is 0 Å². The number of rotatable bonds is 4. The summed E-state index contributed by atoms with van der Waals surface area (Å²) in [6, 6.07) is 7.01. The molecule has 0 aromatic heterocycles. The fourth-order valence-corrected chi connectivity index (χ4v) is 3.62. The number of carboxylic acids is 1. The minimum atomic E-state index is -2.94. The van der Waals surface area contributed by atoms with Gasteiger partial charge in [0.15, 0.2) is 9.84 Å². The van der Waals surface area contributed by atoms with Crippen molar-refractivity contribution in [1.82, 2.24) is 0 Å². The molecular formula is C13H14O5S. The summed E-state index contributed by atoms with van der Waals surface area (Å²) in [5.74, 6) is -0.310. The predicted molar refractivity (Wildman–Crippen MR) is 68.1 cm³/mol. The monoisotopic (exact) mass is 282 g/mol. The zero-order valence-corrected chi connectivity index (χ0v) is 11.0. The highest BCUT2D eigenvalue weighted by atomic mass is 32.2. The molecule has 1 aliphatic carbocycles. The van der Waals surface area contributed by atoms with Crippen molar-refractivity contribution in [3.05, 3.63) is 29.8 Å². The van der Waals surface area contributed by atoms with Gasteiger partial charge in [0.1, 0.15) is 11.9 Å². The van der Waals surface area contributed by atoms with Gasteiger partial charge in [0, 0.05) is 5.56 Å². The number of sulfone groups is 1. The molecule has 0 bridgehead atoms. The van der Waals surface area contributed by atoms with Gasteiger partial charge >= 0.3 is 5.97 Å². The van der Waals surface area contributed by atoms with Crippen molar-refractivity contribution in [3.63, 3.8) is 0 Å². The second kappa shape index (κ2) is 3.96. The molecule has 6 heteroatoms. The van der Waals surface area contributed by atoms with Crippen LogP contribution >= 0.6 is 0 Å². The summed E-state index contributed by atoms with van der Waals surface area (Å²) in [6.07, 6.45) is 0.855. The van der Waals surface area contributed by atoms with Crippen LogP contribution < -0.4 is 4.74 Å². The van der Waals surface area contributed by atoms with Crippen LogP contribution in [0, 0.1) is 0 Å². The van der Waals surface area contributed by atoms with Crippen molar-refractivity contribution in [3.8, 4) is 5.75 Å². The Morgan fingerprint density at radius 2 is 1.89 bits per heavy atom. The molecular weight excluding hydrogens is 268 g/mol. The fourth-order valence-electron chi connectivity index (χ4n) is 2.45. The summed E-state index contributed by atoms with van der Waals surface area (Å²) in [5, 5.41) is 9.32. The van der Waals surface area contributed by atoms with Crippen LogP contribution in [0.1, 0.15) is 18.4 Å². The lowest BCUT2D eigenvalue weighted by Crippen LogP contribution is -2.45. The molecule has 1 saturated heterocycles. The summed E-state index contributed by atoms with van der Waals surface area (Å²) in [4.78, 5) is 11.4. The van der Waals surface area contributed by atoms with Crippen molar-refractivity contribution in [2.45, 2.75) is 24.4 Å². The van der Waals surface area contributed by atoms with Crippen LogP contribution in [0.25, 0.3) is 0 Å². The lowest BCUT2D eigenvalue weighted by molar-refractivity contribution is -0.140. The van der Waals surface area contributed by atoms with Gasteiger partial charge in [0.2, 0.25) is 0 Å². The Balaban J connectivity index is 1.85. The largest absolute Gasteiger partial charge is 0.488 e. The standard InChI is InChI=1S/C13H14O5S/c14-12(15)13(5-6-13)10-3-1-2-4-11(10)18-9-7-19(16,17)8-9/h1-4,9H,5-8H2,(H,14,15). The number of para-hydroxylation sites is 1. The van der Waals surface area contributed by atoms with Crippen LogP contribution in [0.2, 0.25) is 0 Å². The Labute approximate surface area is 111 Å². The molecule has 5 nitrogen and oxygen atoms in total. The molecule has 102 valence electrons. The molecule has 1 aromatic rings. The number of ether oxygens (including phenoxy) is 1. The fraction of sp³-hybridized carbons (Fsp3) is 0.462. The smallest absolute Gasteiger partial charge is 0.314 e. The molecule has 1 aliphatic heterocycles. The van der Waals surface area contributed by atoms with E-state index >= 15 is 0 Å². The minimum absolute atomic E-state index is 0.0153. The summed E-state index contributed by atoms with van der Waals surface area (Å²) in [7, 11) is -2.94. The van der Waals surface area contributed by atoms with Gasteiger partial charge in [0.05, 0.1) is 16.9 Å². The van der Waals surface area contributed by atoms with Crippen molar-refractivity contribution in [2.24, 2.45) is 0 Å². The van der Waals surface area contributed by atoms with Gasteiger partial charge in [-0.3, -0.25) is 4.79 Å². The number of hydrogen-bond acceptors (Lipinski definition) is 4. The number of carbonyl (C=O) groups is 1. The molecule has 1 N–H and O–H groups in total. The van der Waals surface area contributed by atoms with Gasteiger partial charge in [0.25, 0.3) is 0 Å². The van der Waals surface area contributed by atoms with Crippen LogP contribution in [-0.2, 0) is 20.0 Å². The van der Waals surface area contributed by atoms with Crippen molar-refractivity contribution < 1.29 is 23.1 Å². The van der Waals surface area contributed by atoms with Crippen LogP contribution in [0.15, 0.2) is 24.3 Å². The first-order valence-electron chi connectivity index (χ1n) is 6.13. The second-order valence-corrected chi connectivity index (χ2v) is 7.35. The van der Waals surface area contributed by atoms with E-state index in [9.17, 15) is 18.3 Å². The second-order valence-electron chi connectivity index (χ2n) is 5.20. The normalized spacial score (nSPS) is 23.4. The average molecular weight is 282 g/mol. The van der Waals surface area contributed by atoms with Crippen LogP contribution in [0.4, 0.5) is 0 Å². The highest BCUT2D eigenvalue weighted by Crippen LogP contribution is 2.51. The summed E-state index contributed by atoms with van der Waals surface area (Å²) < 4.78 is 27.9. The Morgan fingerprint density at radius 1 is 1.26 bits per heavy atom. The van der Waals surface area contributed by atoms with Gasteiger partial charge in [-0.05, 0) is 18.9 Å². The van der Waals surface area contributed by atoms with Gasteiger partial charge in [-0.25, -0.2) is 8.42 Å². The maximum Gasteiger partial charge on any atom is 0.314 e. The Bertz CT molecular complexity index is 618. The highest BCUT2D eigenvalue weighted by molar-refractivity contribution is 7.92. The summed E-state index contributed by atoms with van der Waals surface area (Å²) in [5.41, 5.74) is -0.175. The maximum absolute atomic E-state index is 11.4.